The number of rotatable bonds is 3. The first-order chi connectivity index (χ1) is 7.33. The Bertz CT molecular complexity index is 442. The summed E-state index contributed by atoms with van der Waals surface area (Å²) in [6, 6.07) is 5.46. The Hall–Kier alpha value is -1.55. The molecule has 0 aliphatic rings. The van der Waals surface area contributed by atoms with E-state index in [2.05, 4.69) is 0 Å². The van der Waals surface area contributed by atoms with Gasteiger partial charge in [0.15, 0.2) is 5.76 Å². The Morgan fingerprint density at radius 2 is 2.40 bits per heavy atom. The average molecular weight is 222 g/mol. The molecule has 2 aromatic rings. The van der Waals surface area contributed by atoms with Gasteiger partial charge in [0, 0.05) is 0 Å². The monoisotopic (exact) mass is 222 g/mol. The molecule has 0 saturated carbocycles. The largest absolute Gasteiger partial charge is 0.463 e. The third kappa shape index (κ3) is 1.94. The highest BCUT2D eigenvalue weighted by Gasteiger charge is 2.17. The van der Waals surface area contributed by atoms with E-state index in [9.17, 15) is 4.79 Å². The highest BCUT2D eigenvalue weighted by molar-refractivity contribution is 7.13. The van der Waals surface area contributed by atoms with Crippen molar-refractivity contribution in [2.75, 3.05) is 6.61 Å². The molecule has 0 N–H and O–H groups in total. The Morgan fingerprint density at radius 1 is 1.53 bits per heavy atom. The molecule has 2 aromatic heterocycles. The van der Waals surface area contributed by atoms with Gasteiger partial charge in [0.05, 0.1) is 17.7 Å². The first-order valence-corrected chi connectivity index (χ1v) is 5.49. The zero-order valence-corrected chi connectivity index (χ0v) is 9.04. The molecule has 0 aliphatic heterocycles. The topological polar surface area (TPSA) is 39.4 Å². The van der Waals surface area contributed by atoms with Gasteiger partial charge in [0.1, 0.15) is 5.56 Å². The van der Waals surface area contributed by atoms with Crippen molar-refractivity contribution >= 4 is 17.3 Å². The third-order valence-electron chi connectivity index (χ3n) is 1.91. The van der Waals surface area contributed by atoms with E-state index in [1.54, 1.807) is 13.0 Å². The van der Waals surface area contributed by atoms with Crippen LogP contribution in [-0.4, -0.2) is 12.6 Å². The van der Waals surface area contributed by atoms with E-state index < -0.39 is 0 Å². The summed E-state index contributed by atoms with van der Waals surface area (Å²) in [4.78, 5) is 12.5. The molecule has 2 rings (SSSR count). The third-order valence-corrected chi connectivity index (χ3v) is 2.77. The maximum Gasteiger partial charge on any atom is 0.342 e. The molecule has 3 nitrogen and oxygen atoms in total. The van der Waals surface area contributed by atoms with E-state index in [1.807, 2.05) is 17.5 Å². The van der Waals surface area contributed by atoms with Crippen molar-refractivity contribution in [3.8, 4) is 10.6 Å². The number of thiophene rings is 1. The summed E-state index contributed by atoms with van der Waals surface area (Å²) in [6.45, 7) is 2.15. The summed E-state index contributed by atoms with van der Waals surface area (Å²) in [5, 5.41) is 1.94. The molecular weight excluding hydrogens is 212 g/mol. The van der Waals surface area contributed by atoms with Crippen molar-refractivity contribution in [1.29, 1.82) is 0 Å². The van der Waals surface area contributed by atoms with Gasteiger partial charge in [-0.15, -0.1) is 11.3 Å². The Balaban J connectivity index is 2.34. The molecule has 0 bridgehead atoms. The van der Waals surface area contributed by atoms with Crippen LogP contribution in [0.1, 0.15) is 17.3 Å². The maximum atomic E-state index is 11.5. The Labute approximate surface area is 91.3 Å². The smallest absolute Gasteiger partial charge is 0.342 e. The molecule has 0 radical (unpaired) electrons. The molecule has 0 aromatic carbocycles. The van der Waals surface area contributed by atoms with E-state index in [0.29, 0.717) is 17.9 Å². The summed E-state index contributed by atoms with van der Waals surface area (Å²) < 4.78 is 10.2. The van der Waals surface area contributed by atoms with Crippen molar-refractivity contribution in [3.63, 3.8) is 0 Å². The van der Waals surface area contributed by atoms with Crippen LogP contribution in [0, 0.1) is 0 Å². The minimum Gasteiger partial charge on any atom is -0.463 e. The second-order valence-corrected chi connectivity index (χ2v) is 3.81. The number of hydrogen-bond donors (Lipinski definition) is 0. The van der Waals surface area contributed by atoms with E-state index >= 15 is 0 Å². The van der Waals surface area contributed by atoms with Gasteiger partial charge in [-0.3, -0.25) is 0 Å². The molecule has 78 valence electrons. The zero-order valence-electron chi connectivity index (χ0n) is 8.23. The van der Waals surface area contributed by atoms with Gasteiger partial charge in [-0.05, 0) is 24.4 Å². The fourth-order valence-electron chi connectivity index (χ4n) is 1.28. The predicted octanol–water partition coefficient (Wildman–Crippen LogP) is 3.18. The zero-order chi connectivity index (χ0) is 10.7. The first kappa shape index (κ1) is 9.98. The molecule has 0 spiro atoms. The number of furan rings is 1. The minimum absolute atomic E-state index is 0.338. The van der Waals surface area contributed by atoms with Gasteiger partial charge in [0.2, 0.25) is 0 Å². The van der Waals surface area contributed by atoms with Crippen LogP contribution in [0.5, 0.6) is 0 Å². The van der Waals surface area contributed by atoms with E-state index in [1.165, 1.54) is 17.6 Å². The van der Waals surface area contributed by atoms with Crippen LogP contribution in [-0.2, 0) is 4.74 Å². The molecular formula is C11H10O3S. The normalized spacial score (nSPS) is 10.2. The molecule has 0 aliphatic carbocycles. The van der Waals surface area contributed by atoms with Crippen LogP contribution in [0.25, 0.3) is 10.6 Å². The number of hydrogen-bond acceptors (Lipinski definition) is 4. The van der Waals surface area contributed by atoms with Crippen molar-refractivity contribution < 1.29 is 13.9 Å². The van der Waals surface area contributed by atoms with Crippen LogP contribution in [0.15, 0.2) is 34.3 Å². The lowest BCUT2D eigenvalue weighted by Gasteiger charge is -2.00. The molecule has 15 heavy (non-hydrogen) atoms. The lowest BCUT2D eigenvalue weighted by atomic mass is 10.2. The summed E-state index contributed by atoms with van der Waals surface area (Å²) >= 11 is 1.53. The van der Waals surface area contributed by atoms with Crippen LogP contribution in [0.3, 0.4) is 0 Å². The van der Waals surface area contributed by atoms with E-state index in [4.69, 9.17) is 9.15 Å². The predicted molar refractivity (Wildman–Crippen MR) is 58.0 cm³/mol. The molecule has 0 atom stereocenters. The summed E-state index contributed by atoms with van der Waals surface area (Å²) in [5.74, 6) is 0.248. The van der Waals surface area contributed by atoms with Crippen LogP contribution in [0.2, 0.25) is 0 Å². The fraction of sp³-hybridized carbons (Fsp3) is 0.182. The molecule has 2 heterocycles. The molecule has 0 saturated heterocycles. The molecule has 0 amide bonds. The van der Waals surface area contributed by atoms with E-state index in [0.717, 1.165) is 4.88 Å². The first-order valence-electron chi connectivity index (χ1n) is 4.61. The molecule has 0 fully saturated rings. The van der Waals surface area contributed by atoms with E-state index in [-0.39, 0.29) is 5.97 Å². The number of carbonyl (C=O) groups excluding carboxylic acids is 1. The van der Waals surface area contributed by atoms with Gasteiger partial charge >= 0.3 is 5.97 Å². The second kappa shape index (κ2) is 4.31. The maximum absolute atomic E-state index is 11.5. The summed E-state index contributed by atoms with van der Waals surface area (Å²) in [6.07, 6.45) is 1.50. The second-order valence-electron chi connectivity index (χ2n) is 2.86. The van der Waals surface area contributed by atoms with Gasteiger partial charge < -0.3 is 9.15 Å². The molecule has 4 heteroatoms. The standard InChI is InChI=1S/C11H10O3S/c1-2-13-11(12)8-5-6-14-10(8)9-4-3-7-15-9/h3-7H,2H2,1H3. The number of carbonyl (C=O) groups is 1. The Morgan fingerprint density at radius 3 is 3.07 bits per heavy atom. The van der Waals surface area contributed by atoms with Crippen molar-refractivity contribution in [2.24, 2.45) is 0 Å². The van der Waals surface area contributed by atoms with Gasteiger partial charge in [-0.1, -0.05) is 6.07 Å². The highest BCUT2D eigenvalue weighted by atomic mass is 32.1. The lowest BCUT2D eigenvalue weighted by Crippen LogP contribution is -2.04. The van der Waals surface area contributed by atoms with Crippen LogP contribution < -0.4 is 0 Å². The fourth-order valence-corrected chi connectivity index (χ4v) is 2.00. The van der Waals surface area contributed by atoms with Crippen molar-refractivity contribution in [1.82, 2.24) is 0 Å². The lowest BCUT2D eigenvalue weighted by molar-refractivity contribution is 0.0527. The van der Waals surface area contributed by atoms with Gasteiger partial charge in [-0.2, -0.15) is 0 Å². The quantitative estimate of drug-likeness (QED) is 0.749. The van der Waals surface area contributed by atoms with Gasteiger partial charge in [0.25, 0.3) is 0 Å². The van der Waals surface area contributed by atoms with Crippen LogP contribution in [0.4, 0.5) is 0 Å². The summed E-state index contributed by atoms with van der Waals surface area (Å²) in [5.41, 5.74) is 0.485. The van der Waals surface area contributed by atoms with Crippen molar-refractivity contribution in [2.45, 2.75) is 6.92 Å². The minimum atomic E-state index is -0.338. The SMILES string of the molecule is CCOC(=O)c1ccoc1-c1cccs1. The highest BCUT2D eigenvalue weighted by Crippen LogP contribution is 2.29. The van der Waals surface area contributed by atoms with Gasteiger partial charge in [-0.25, -0.2) is 4.79 Å². The molecule has 0 unspecified atom stereocenters. The number of esters is 1. The Kier molecular flexibility index (Phi) is 2.87. The summed E-state index contributed by atoms with van der Waals surface area (Å²) in [7, 11) is 0. The number of ether oxygens (including phenoxy) is 1. The van der Waals surface area contributed by atoms with Crippen LogP contribution >= 0.6 is 11.3 Å². The average Bonchev–Trinajstić information content (AvgIpc) is 2.88. The van der Waals surface area contributed by atoms with Crippen molar-refractivity contribution in [3.05, 3.63) is 35.4 Å².